The minimum Gasteiger partial charge on any atom is -0.465 e. The maximum atomic E-state index is 13.8. The van der Waals surface area contributed by atoms with Gasteiger partial charge >= 0.3 is 5.97 Å². The summed E-state index contributed by atoms with van der Waals surface area (Å²) in [6.07, 6.45) is 0.749. The van der Waals surface area contributed by atoms with E-state index >= 15 is 0 Å². The second kappa shape index (κ2) is 6.96. The van der Waals surface area contributed by atoms with Crippen LogP contribution < -0.4 is 4.90 Å². The molecule has 4 nitrogen and oxygen atoms in total. The van der Waals surface area contributed by atoms with E-state index in [9.17, 15) is 9.59 Å². The summed E-state index contributed by atoms with van der Waals surface area (Å²) in [7, 11) is 1.34. The average Bonchev–Trinajstić information content (AvgIpc) is 3.45. The molecule has 150 valence electrons. The minimum atomic E-state index is -0.585. The lowest BCUT2D eigenvalue weighted by atomic mass is 9.92. The molecule has 30 heavy (non-hydrogen) atoms. The number of carbonyl (C=O) groups excluding carboxylic acids is 2. The van der Waals surface area contributed by atoms with Crippen LogP contribution in [0.4, 0.5) is 11.4 Å². The number of ether oxygens (including phenoxy) is 1. The first-order valence-corrected chi connectivity index (χ1v) is 10.7. The Morgan fingerprint density at radius 2 is 1.87 bits per heavy atom. The third-order valence-corrected chi connectivity index (χ3v) is 6.72. The van der Waals surface area contributed by atoms with Gasteiger partial charge in [0.15, 0.2) is 0 Å². The van der Waals surface area contributed by atoms with Gasteiger partial charge in [0.25, 0.3) is 0 Å². The molecule has 3 aromatic rings. The van der Waals surface area contributed by atoms with Crippen LogP contribution in [0.3, 0.4) is 0 Å². The van der Waals surface area contributed by atoms with Crippen molar-refractivity contribution < 1.29 is 14.3 Å². The molecular formula is C24H17BrClNO3. The molecule has 0 N–H and O–H groups in total. The fourth-order valence-corrected chi connectivity index (χ4v) is 5.17. The topological polar surface area (TPSA) is 46.6 Å². The Balaban J connectivity index is 1.62. The predicted octanol–water partition coefficient (Wildman–Crippen LogP) is 5.99. The number of rotatable bonds is 3. The fourth-order valence-electron chi connectivity index (χ4n) is 4.56. The summed E-state index contributed by atoms with van der Waals surface area (Å²) in [6.45, 7) is 0. The minimum absolute atomic E-state index is 0.0255. The first kappa shape index (κ1) is 19.3. The van der Waals surface area contributed by atoms with Crippen molar-refractivity contribution in [1.82, 2.24) is 0 Å². The van der Waals surface area contributed by atoms with Crippen LogP contribution in [0.15, 0.2) is 71.2 Å². The second-order valence-electron chi connectivity index (χ2n) is 7.63. The number of fused-ring (bicyclic) bond motifs is 2. The highest BCUT2D eigenvalue weighted by Gasteiger charge is 2.67. The Kier molecular flexibility index (Phi) is 4.49. The number of halogens is 2. The number of hydrogen-bond donors (Lipinski definition) is 0. The molecule has 0 saturated heterocycles. The SMILES string of the molecule is COC(=O)c1cc(Br)cc(N2C(=O)[C@]3(C[C@H]3c3ccc(Cl)cc3)c3ccccc32)c1. The Hall–Kier alpha value is -2.63. The van der Waals surface area contributed by atoms with Gasteiger partial charge < -0.3 is 4.74 Å². The molecule has 1 fully saturated rings. The summed E-state index contributed by atoms with van der Waals surface area (Å²) in [5, 5.41) is 0.678. The van der Waals surface area contributed by atoms with E-state index in [2.05, 4.69) is 15.9 Å². The first-order valence-electron chi connectivity index (χ1n) is 9.54. The van der Waals surface area contributed by atoms with Crippen molar-refractivity contribution in [2.24, 2.45) is 0 Å². The summed E-state index contributed by atoms with van der Waals surface area (Å²) >= 11 is 9.51. The fraction of sp³-hybridized carbons (Fsp3) is 0.167. The molecule has 1 aliphatic heterocycles. The summed E-state index contributed by atoms with van der Waals surface area (Å²) in [6, 6.07) is 20.8. The molecule has 2 aliphatic rings. The molecule has 5 rings (SSSR count). The molecule has 1 heterocycles. The molecule has 1 amide bonds. The Morgan fingerprint density at radius 1 is 1.13 bits per heavy atom. The van der Waals surface area contributed by atoms with Gasteiger partial charge in [-0.1, -0.05) is 57.9 Å². The lowest BCUT2D eigenvalue weighted by Gasteiger charge is -2.19. The largest absolute Gasteiger partial charge is 0.465 e. The van der Waals surface area contributed by atoms with Crippen molar-refractivity contribution in [3.05, 3.63) is 92.9 Å². The van der Waals surface area contributed by atoms with Gasteiger partial charge in [0.1, 0.15) is 0 Å². The molecule has 0 bridgehead atoms. The maximum Gasteiger partial charge on any atom is 0.337 e. The van der Waals surface area contributed by atoms with Gasteiger partial charge in [0.05, 0.1) is 29.5 Å². The van der Waals surface area contributed by atoms with Crippen LogP contribution in [-0.2, 0) is 14.9 Å². The zero-order chi connectivity index (χ0) is 21.0. The molecule has 0 radical (unpaired) electrons. The summed E-state index contributed by atoms with van der Waals surface area (Å²) in [4.78, 5) is 27.7. The smallest absolute Gasteiger partial charge is 0.337 e. The summed E-state index contributed by atoms with van der Waals surface area (Å²) in [5.74, 6) is -0.323. The molecule has 0 aromatic heterocycles. The van der Waals surface area contributed by atoms with Crippen LogP contribution in [-0.4, -0.2) is 19.0 Å². The third kappa shape index (κ3) is 2.80. The number of amides is 1. The quantitative estimate of drug-likeness (QED) is 0.431. The van der Waals surface area contributed by atoms with Gasteiger partial charge in [0, 0.05) is 15.4 Å². The van der Waals surface area contributed by atoms with Gasteiger partial charge in [-0.2, -0.15) is 0 Å². The van der Waals surface area contributed by atoms with Gasteiger partial charge in [0.2, 0.25) is 5.91 Å². The summed E-state index contributed by atoms with van der Waals surface area (Å²) < 4.78 is 5.57. The van der Waals surface area contributed by atoms with Crippen LogP contribution in [0, 0.1) is 0 Å². The van der Waals surface area contributed by atoms with E-state index in [4.69, 9.17) is 16.3 Å². The Bertz CT molecular complexity index is 1190. The Labute approximate surface area is 187 Å². The monoisotopic (exact) mass is 481 g/mol. The number of nitrogens with zero attached hydrogens (tertiary/aromatic N) is 1. The van der Waals surface area contributed by atoms with Gasteiger partial charge in [-0.15, -0.1) is 0 Å². The predicted molar refractivity (Wildman–Crippen MR) is 120 cm³/mol. The first-order chi connectivity index (χ1) is 14.5. The molecular weight excluding hydrogens is 466 g/mol. The zero-order valence-electron chi connectivity index (χ0n) is 16.1. The molecule has 1 spiro atoms. The van der Waals surface area contributed by atoms with Crippen molar-refractivity contribution >= 4 is 50.8 Å². The zero-order valence-corrected chi connectivity index (χ0v) is 18.4. The van der Waals surface area contributed by atoms with Gasteiger partial charge in [-0.3, -0.25) is 9.69 Å². The highest BCUT2D eigenvalue weighted by atomic mass is 79.9. The number of anilines is 2. The van der Waals surface area contributed by atoms with Crippen LogP contribution in [0.2, 0.25) is 5.02 Å². The van der Waals surface area contributed by atoms with E-state index in [-0.39, 0.29) is 11.8 Å². The molecule has 1 aliphatic carbocycles. The number of methoxy groups -OCH3 is 1. The molecule has 2 atom stereocenters. The van der Waals surface area contributed by atoms with Crippen molar-refractivity contribution in [3.63, 3.8) is 0 Å². The average molecular weight is 483 g/mol. The van der Waals surface area contributed by atoms with E-state index in [0.29, 0.717) is 20.7 Å². The summed E-state index contributed by atoms with van der Waals surface area (Å²) in [5.41, 5.74) is 3.42. The highest BCUT2D eigenvalue weighted by Crippen LogP contribution is 2.67. The maximum absolute atomic E-state index is 13.8. The molecule has 1 saturated carbocycles. The molecule has 3 aromatic carbocycles. The van der Waals surface area contributed by atoms with Gasteiger partial charge in [-0.25, -0.2) is 4.79 Å². The van der Waals surface area contributed by atoms with E-state index < -0.39 is 11.4 Å². The lowest BCUT2D eigenvalue weighted by molar-refractivity contribution is -0.119. The number of esters is 1. The van der Waals surface area contributed by atoms with Crippen LogP contribution in [0.25, 0.3) is 0 Å². The number of benzene rings is 3. The van der Waals surface area contributed by atoms with Crippen molar-refractivity contribution in [2.45, 2.75) is 17.8 Å². The van der Waals surface area contributed by atoms with Crippen molar-refractivity contribution in [1.29, 1.82) is 0 Å². The van der Waals surface area contributed by atoms with E-state index in [1.165, 1.54) is 7.11 Å². The lowest BCUT2D eigenvalue weighted by Crippen LogP contribution is -2.29. The molecule has 0 unspecified atom stereocenters. The van der Waals surface area contributed by atoms with Crippen LogP contribution in [0.1, 0.15) is 33.8 Å². The van der Waals surface area contributed by atoms with Crippen molar-refractivity contribution in [2.75, 3.05) is 12.0 Å². The number of carbonyl (C=O) groups is 2. The van der Waals surface area contributed by atoms with E-state index in [0.717, 1.165) is 23.2 Å². The highest BCUT2D eigenvalue weighted by molar-refractivity contribution is 9.10. The van der Waals surface area contributed by atoms with E-state index in [1.807, 2.05) is 54.6 Å². The second-order valence-corrected chi connectivity index (χ2v) is 8.98. The van der Waals surface area contributed by atoms with E-state index in [1.54, 1.807) is 17.0 Å². The number of para-hydroxylation sites is 1. The standard InChI is InChI=1S/C24H17BrClNO3/c1-30-22(28)15-10-16(25)12-18(11-15)27-21-5-3-2-4-19(21)24(23(27)29)13-20(24)14-6-8-17(26)9-7-14/h2-12,20H,13H2,1H3/t20-,24+/m0/s1. The molecule has 6 heteroatoms. The van der Waals surface area contributed by atoms with Gasteiger partial charge in [-0.05, 0) is 53.9 Å². The Morgan fingerprint density at radius 3 is 2.60 bits per heavy atom. The normalized spacial score (nSPS) is 21.6. The third-order valence-electron chi connectivity index (χ3n) is 6.01. The van der Waals surface area contributed by atoms with Crippen LogP contribution in [0.5, 0.6) is 0 Å². The van der Waals surface area contributed by atoms with Crippen molar-refractivity contribution in [3.8, 4) is 0 Å². The van der Waals surface area contributed by atoms with Crippen LogP contribution >= 0.6 is 27.5 Å². The number of hydrogen-bond acceptors (Lipinski definition) is 3.